The van der Waals surface area contributed by atoms with Gasteiger partial charge in [0.05, 0.1) is 0 Å². The highest BCUT2D eigenvalue weighted by Crippen LogP contribution is 2.45. The molecule has 0 bridgehead atoms. The minimum absolute atomic E-state index is 0.0172. The highest BCUT2D eigenvalue weighted by atomic mass is 19.2. The SMILES string of the molecule is CC=CCOc1cc2ccc(C3CCC(C4CCC(CCCCC)CC4)CC3)cc2c(F)c1F. The van der Waals surface area contributed by atoms with E-state index in [-0.39, 0.29) is 12.4 Å². The molecular formula is C31H42F2O. The lowest BCUT2D eigenvalue weighted by Crippen LogP contribution is -2.25. The molecule has 34 heavy (non-hydrogen) atoms. The van der Waals surface area contributed by atoms with Crippen LogP contribution in [0.3, 0.4) is 0 Å². The summed E-state index contributed by atoms with van der Waals surface area (Å²) in [5.74, 6) is 1.51. The molecule has 0 spiro atoms. The summed E-state index contributed by atoms with van der Waals surface area (Å²) in [6, 6.07) is 7.55. The van der Waals surface area contributed by atoms with Gasteiger partial charge in [-0.3, -0.25) is 0 Å². The second-order valence-electron chi connectivity index (χ2n) is 10.8. The Morgan fingerprint density at radius 1 is 0.882 bits per heavy atom. The first-order chi connectivity index (χ1) is 16.6. The summed E-state index contributed by atoms with van der Waals surface area (Å²) < 4.78 is 34.9. The highest BCUT2D eigenvalue weighted by Gasteiger charge is 2.31. The Bertz CT molecular complexity index is 950. The molecule has 1 nitrogen and oxygen atoms in total. The van der Waals surface area contributed by atoms with E-state index in [0.29, 0.717) is 16.7 Å². The maximum atomic E-state index is 14.9. The first kappa shape index (κ1) is 25.2. The minimum atomic E-state index is -0.886. The molecule has 2 aliphatic carbocycles. The van der Waals surface area contributed by atoms with Crippen molar-refractivity contribution in [1.82, 2.24) is 0 Å². The second-order valence-corrected chi connectivity index (χ2v) is 10.8. The van der Waals surface area contributed by atoms with E-state index in [1.807, 2.05) is 25.1 Å². The molecule has 0 atom stereocenters. The van der Waals surface area contributed by atoms with Crippen molar-refractivity contribution >= 4 is 10.8 Å². The molecule has 0 amide bonds. The number of ether oxygens (including phenoxy) is 1. The van der Waals surface area contributed by atoms with Crippen molar-refractivity contribution in [3.8, 4) is 5.75 Å². The van der Waals surface area contributed by atoms with E-state index in [0.717, 1.165) is 23.3 Å². The maximum Gasteiger partial charge on any atom is 0.201 e. The number of rotatable bonds is 9. The summed E-state index contributed by atoms with van der Waals surface area (Å²) in [6.07, 6.45) is 19.8. The van der Waals surface area contributed by atoms with Gasteiger partial charge < -0.3 is 4.74 Å². The van der Waals surface area contributed by atoms with Gasteiger partial charge in [-0.05, 0) is 92.2 Å². The van der Waals surface area contributed by atoms with Crippen molar-refractivity contribution in [2.45, 2.75) is 96.8 Å². The summed E-state index contributed by atoms with van der Waals surface area (Å²) in [5, 5.41) is 1.07. The molecule has 2 fully saturated rings. The standard InChI is InChI=1S/C31H42F2O/c1-3-5-7-8-22-9-11-23(12-10-22)24-13-15-25(16-14-24)26-17-18-27-21-29(34-19-6-4-2)31(33)30(32)28(27)20-26/h4,6,17-18,20-25H,3,5,7-16,19H2,1-2H3. The molecule has 0 N–H and O–H groups in total. The van der Waals surface area contributed by atoms with Crippen LogP contribution in [-0.2, 0) is 0 Å². The molecule has 186 valence electrons. The maximum absolute atomic E-state index is 14.9. The van der Waals surface area contributed by atoms with Gasteiger partial charge in [-0.1, -0.05) is 69.7 Å². The van der Waals surface area contributed by atoms with Gasteiger partial charge >= 0.3 is 0 Å². The second kappa shape index (κ2) is 12.2. The van der Waals surface area contributed by atoms with Gasteiger partial charge in [0.1, 0.15) is 6.61 Å². The molecule has 2 aromatic carbocycles. The number of hydrogen-bond acceptors (Lipinski definition) is 1. The van der Waals surface area contributed by atoms with E-state index in [1.54, 1.807) is 12.1 Å². The van der Waals surface area contributed by atoms with Crippen LogP contribution in [0.15, 0.2) is 36.4 Å². The molecule has 0 aromatic heterocycles. The number of halogens is 2. The molecule has 0 heterocycles. The summed E-state index contributed by atoms with van der Waals surface area (Å²) in [5.41, 5.74) is 1.16. The van der Waals surface area contributed by atoms with Gasteiger partial charge in [0.15, 0.2) is 11.6 Å². The zero-order valence-corrected chi connectivity index (χ0v) is 21.1. The average Bonchev–Trinajstić information content (AvgIpc) is 2.88. The molecule has 0 radical (unpaired) electrons. The van der Waals surface area contributed by atoms with Crippen molar-refractivity contribution in [1.29, 1.82) is 0 Å². The number of hydrogen-bond donors (Lipinski definition) is 0. The molecule has 2 aromatic rings. The Labute approximate surface area is 205 Å². The van der Waals surface area contributed by atoms with E-state index >= 15 is 0 Å². The van der Waals surface area contributed by atoms with Gasteiger partial charge in [-0.2, -0.15) is 4.39 Å². The number of allylic oxidation sites excluding steroid dienone is 1. The topological polar surface area (TPSA) is 9.23 Å². The molecule has 2 saturated carbocycles. The molecule has 0 saturated heterocycles. The Morgan fingerprint density at radius 2 is 1.59 bits per heavy atom. The summed E-state index contributed by atoms with van der Waals surface area (Å²) in [4.78, 5) is 0. The fraction of sp³-hybridized carbons (Fsp3) is 0.613. The van der Waals surface area contributed by atoms with E-state index < -0.39 is 11.6 Å². The van der Waals surface area contributed by atoms with Crippen LogP contribution >= 0.6 is 0 Å². The minimum Gasteiger partial charge on any atom is -0.486 e. The van der Waals surface area contributed by atoms with E-state index in [9.17, 15) is 8.78 Å². The number of fused-ring (bicyclic) bond motifs is 1. The van der Waals surface area contributed by atoms with Crippen LogP contribution in [0.4, 0.5) is 8.78 Å². The number of benzene rings is 2. The highest BCUT2D eigenvalue weighted by molar-refractivity contribution is 5.85. The van der Waals surface area contributed by atoms with Crippen LogP contribution in [0.25, 0.3) is 10.8 Å². The lowest BCUT2D eigenvalue weighted by molar-refractivity contribution is 0.155. The van der Waals surface area contributed by atoms with Crippen molar-refractivity contribution in [2.24, 2.45) is 17.8 Å². The lowest BCUT2D eigenvalue weighted by atomic mass is 9.68. The van der Waals surface area contributed by atoms with Gasteiger partial charge in [-0.15, -0.1) is 0 Å². The van der Waals surface area contributed by atoms with Crippen LogP contribution in [0.2, 0.25) is 0 Å². The Hall–Kier alpha value is -1.90. The van der Waals surface area contributed by atoms with E-state index in [4.69, 9.17) is 4.74 Å². The summed E-state index contributed by atoms with van der Waals surface area (Å²) in [7, 11) is 0. The summed E-state index contributed by atoms with van der Waals surface area (Å²) >= 11 is 0. The Kier molecular flexibility index (Phi) is 9.03. The third kappa shape index (κ3) is 6.01. The van der Waals surface area contributed by atoms with Crippen LogP contribution < -0.4 is 4.74 Å². The van der Waals surface area contributed by atoms with Gasteiger partial charge in [0.25, 0.3) is 0 Å². The monoisotopic (exact) mass is 468 g/mol. The van der Waals surface area contributed by atoms with Gasteiger partial charge in [-0.25, -0.2) is 4.39 Å². The Balaban J connectivity index is 1.34. The van der Waals surface area contributed by atoms with Gasteiger partial charge in [0, 0.05) is 5.39 Å². The van der Waals surface area contributed by atoms with Crippen LogP contribution in [0.1, 0.15) is 102 Å². The van der Waals surface area contributed by atoms with Crippen LogP contribution in [0.5, 0.6) is 5.75 Å². The van der Waals surface area contributed by atoms with Gasteiger partial charge in [0.2, 0.25) is 5.82 Å². The predicted molar refractivity (Wildman–Crippen MR) is 138 cm³/mol. The molecular weight excluding hydrogens is 426 g/mol. The van der Waals surface area contributed by atoms with Crippen molar-refractivity contribution in [3.63, 3.8) is 0 Å². The first-order valence-electron chi connectivity index (χ1n) is 13.8. The van der Waals surface area contributed by atoms with Crippen molar-refractivity contribution in [2.75, 3.05) is 6.61 Å². The van der Waals surface area contributed by atoms with Crippen molar-refractivity contribution in [3.05, 3.63) is 53.6 Å². The predicted octanol–water partition coefficient (Wildman–Crippen LogP) is 9.73. The molecule has 0 aliphatic heterocycles. The largest absolute Gasteiger partial charge is 0.486 e. The molecule has 0 unspecified atom stereocenters. The smallest absolute Gasteiger partial charge is 0.201 e. The number of unbranched alkanes of at least 4 members (excludes halogenated alkanes) is 2. The van der Waals surface area contributed by atoms with E-state index in [1.165, 1.54) is 77.0 Å². The quantitative estimate of drug-likeness (QED) is 0.263. The third-order valence-corrected chi connectivity index (χ3v) is 8.60. The van der Waals surface area contributed by atoms with Crippen LogP contribution in [0, 0.1) is 29.4 Å². The molecule has 3 heteroatoms. The summed E-state index contributed by atoms with van der Waals surface area (Å²) in [6.45, 7) is 4.40. The zero-order chi connectivity index (χ0) is 23.9. The zero-order valence-electron chi connectivity index (χ0n) is 21.1. The first-order valence-corrected chi connectivity index (χ1v) is 13.8. The van der Waals surface area contributed by atoms with Crippen LogP contribution in [-0.4, -0.2) is 6.61 Å². The molecule has 4 rings (SSSR count). The average molecular weight is 469 g/mol. The van der Waals surface area contributed by atoms with E-state index in [2.05, 4.69) is 13.0 Å². The fourth-order valence-corrected chi connectivity index (χ4v) is 6.47. The fourth-order valence-electron chi connectivity index (χ4n) is 6.47. The normalized spacial score (nSPS) is 25.8. The third-order valence-electron chi connectivity index (χ3n) is 8.60. The molecule has 2 aliphatic rings. The Morgan fingerprint density at radius 3 is 2.26 bits per heavy atom. The van der Waals surface area contributed by atoms with Crippen molar-refractivity contribution < 1.29 is 13.5 Å². The lowest BCUT2D eigenvalue weighted by Gasteiger charge is -2.38.